The summed E-state index contributed by atoms with van der Waals surface area (Å²) in [6, 6.07) is 0.217. The second-order valence-electron chi connectivity index (χ2n) is 9.47. The number of nitrogens with zero attached hydrogens (tertiary/aromatic N) is 3. The highest BCUT2D eigenvalue weighted by Gasteiger charge is 2.53. The van der Waals surface area contributed by atoms with E-state index in [1.165, 1.54) is 6.42 Å². The third-order valence-corrected chi connectivity index (χ3v) is 7.48. The van der Waals surface area contributed by atoms with Crippen molar-refractivity contribution in [3.63, 3.8) is 0 Å². The molecule has 150 valence electrons. The van der Waals surface area contributed by atoms with Gasteiger partial charge in [0.2, 0.25) is 0 Å². The molecule has 0 aromatic heterocycles. The Morgan fingerprint density at radius 2 is 1.81 bits per heavy atom. The number of hydrogen-bond acceptors (Lipinski definition) is 5. The monoisotopic (exact) mass is 368 g/mol. The smallest absolute Gasteiger partial charge is 0.140 e. The van der Waals surface area contributed by atoms with E-state index in [-0.39, 0.29) is 17.7 Å². The summed E-state index contributed by atoms with van der Waals surface area (Å²) in [6.07, 6.45) is 5.95. The summed E-state index contributed by atoms with van der Waals surface area (Å²) in [6.45, 7) is 8.29. The first-order chi connectivity index (χ1) is 12.4. The van der Waals surface area contributed by atoms with Crippen molar-refractivity contribution in [1.29, 1.82) is 0 Å². The molecule has 26 heavy (non-hydrogen) atoms. The van der Waals surface area contributed by atoms with Crippen LogP contribution in [-0.4, -0.2) is 97.0 Å². The van der Waals surface area contributed by atoms with Crippen LogP contribution in [0.5, 0.6) is 0 Å². The first kappa shape index (κ1) is 19.1. The zero-order valence-electron chi connectivity index (χ0n) is 16.6. The fraction of sp³-hybridized carbons (Fsp3) is 1.00. The summed E-state index contributed by atoms with van der Waals surface area (Å²) in [5.41, 5.74) is 5.41. The maximum absolute atomic E-state index is 16.2. The van der Waals surface area contributed by atoms with Crippen molar-refractivity contribution in [3.8, 4) is 0 Å². The van der Waals surface area contributed by atoms with Crippen LogP contribution in [0.3, 0.4) is 0 Å². The Bertz CT molecular complexity index is 498. The molecule has 4 heterocycles. The van der Waals surface area contributed by atoms with Crippen LogP contribution in [0, 0.1) is 0 Å². The molecule has 2 N–H and O–H groups in total. The van der Waals surface area contributed by atoms with Crippen molar-refractivity contribution in [1.82, 2.24) is 14.7 Å². The highest BCUT2D eigenvalue weighted by atomic mass is 19.1. The van der Waals surface area contributed by atoms with Crippen molar-refractivity contribution >= 4 is 0 Å². The molecule has 0 aromatic rings. The van der Waals surface area contributed by atoms with Crippen LogP contribution in [-0.2, 0) is 4.74 Å². The third kappa shape index (κ3) is 3.55. The number of morpholine rings is 1. The van der Waals surface area contributed by atoms with Gasteiger partial charge in [-0.2, -0.15) is 0 Å². The molecule has 4 aliphatic rings. The first-order valence-electron chi connectivity index (χ1n) is 10.7. The normalized spacial score (nSPS) is 45.2. The van der Waals surface area contributed by atoms with Crippen LogP contribution < -0.4 is 5.73 Å². The van der Waals surface area contributed by atoms with E-state index in [0.29, 0.717) is 19.0 Å². The summed E-state index contributed by atoms with van der Waals surface area (Å²) in [5, 5.41) is 0. The summed E-state index contributed by atoms with van der Waals surface area (Å²) in [7, 11) is 2.18. The molecule has 6 heteroatoms. The van der Waals surface area contributed by atoms with Gasteiger partial charge in [-0.25, -0.2) is 4.39 Å². The van der Waals surface area contributed by atoms with Gasteiger partial charge in [-0.1, -0.05) is 12.8 Å². The number of hydrogen-bond donors (Lipinski definition) is 1. The molecular weight excluding hydrogens is 331 g/mol. The topological polar surface area (TPSA) is 45.0 Å². The molecule has 0 saturated carbocycles. The van der Waals surface area contributed by atoms with Gasteiger partial charge in [-0.3, -0.25) is 9.80 Å². The lowest BCUT2D eigenvalue weighted by atomic mass is 9.77. The van der Waals surface area contributed by atoms with Crippen LogP contribution in [0.1, 0.15) is 45.4 Å². The molecule has 4 fully saturated rings. The van der Waals surface area contributed by atoms with E-state index in [1.807, 2.05) is 0 Å². The van der Waals surface area contributed by atoms with Gasteiger partial charge in [-0.05, 0) is 39.7 Å². The Labute approximate surface area is 158 Å². The number of ether oxygens (including phenoxy) is 1. The van der Waals surface area contributed by atoms with Crippen LogP contribution >= 0.6 is 0 Å². The quantitative estimate of drug-likeness (QED) is 0.759. The molecule has 0 aromatic carbocycles. The number of rotatable bonds is 1. The number of nitrogens with two attached hydrogens (primary N) is 1. The van der Waals surface area contributed by atoms with Gasteiger partial charge < -0.3 is 15.4 Å². The number of piperidine rings is 2. The van der Waals surface area contributed by atoms with Gasteiger partial charge in [0.15, 0.2) is 0 Å². The lowest BCUT2D eigenvalue weighted by molar-refractivity contribution is -0.149. The number of likely N-dealkylation sites (N-methyl/N-ethyl adjacent to an activating group) is 1. The van der Waals surface area contributed by atoms with E-state index in [2.05, 4.69) is 28.7 Å². The number of likely N-dealkylation sites (tertiary alicyclic amines) is 1. The van der Waals surface area contributed by atoms with Gasteiger partial charge >= 0.3 is 0 Å². The summed E-state index contributed by atoms with van der Waals surface area (Å²) in [4.78, 5) is 7.05. The number of alkyl halides is 1. The molecule has 4 aliphatic heterocycles. The SMILES string of the molecule is C[C@H]1CCCCC2(F)CN1CC(N)C2N1CCC2(CC1)CN(C)CCO2. The maximum Gasteiger partial charge on any atom is 0.140 e. The third-order valence-electron chi connectivity index (χ3n) is 7.48. The second-order valence-corrected chi connectivity index (χ2v) is 9.47. The fourth-order valence-corrected chi connectivity index (χ4v) is 6.00. The van der Waals surface area contributed by atoms with Gasteiger partial charge in [0.25, 0.3) is 0 Å². The molecule has 0 amide bonds. The van der Waals surface area contributed by atoms with Crippen molar-refractivity contribution < 1.29 is 9.13 Å². The average Bonchev–Trinajstić information content (AvgIpc) is 2.59. The van der Waals surface area contributed by atoms with Crippen molar-refractivity contribution in [2.75, 3.05) is 52.9 Å². The average molecular weight is 369 g/mol. The van der Waals surface area contributed by atoms with Gasteiger partial charge in [0.1, 0.15) is 5.67 Å². The largest absolute Gasteiger partial charge is 0.372 e. The van der Waals surface area contributed by atoms with Crippen LogP contribution in [0.25, 0.3) is 0 Å². The molecule has 4 unspecified atom stereocenters. The van der Waals surface area contributed by atoms with Gasteiger partial charge in [-0.15, -0.1) is 0 Å². The van der Waals surface area contributed by atoms with E-state index in [0.717, 1.165) is 65.0 Å². The van der Waals surface area contributed by atoms with Crippen LogP contribution in [0.2, 0.25) is 0 Å². The van der Waals surface area contributed by atoms with Crippen molar-refractivity contribution in [2.24, 2.45) is 5.73 Å². The van der Waals surface area contributed by atoms with E-state index in [9.17, 15) is 0 Å². The fourth-order valence-electron chi connectivity index (χ4n) is 6.00. The zero-order valence-corrected chi connectivity index (χ0v) is 16.6. The predicted octanol–water partition coefficient (Wildman–Crippen LogP) is 1.47. The minimum Gasteiger partial charge on any atom is -0.372 e. The zero-order chi connectivity index (χ0) is 18.4. The summed E-state index contributed by atoms with van der Waals surface area (Å²) < 4.78 is 22.4. The highest BCUT2D eigenvalue weighted by Crippen LogP contribution is 2.39. The van der Waals surface area contributed by atoms with Crippen LogP contribution in [0.15, 0.2) is 0 Å². The Morgan fingerprint density at radius 1 is 1.04 bits per heavy atom. The lowest BCUT2D eigenvalue weighted by Crippen LogP contribution is -2.72. The van der Waals surface area contributed by atoms with Crippen LogP contribution in [0.4, 0.5) is 4.39 Å². The summed E-state index contributed by atoms with van der Waals surface area (Å²) in [5.74, 6) is 0. The van der Waals surface area contributed by atoms with E-state index in [4.69, 9.17) is 10.5 Å². The first-order valence-corrected chi connectivity index (χ1v) is 10.7. The number of halogens is 1. The molecule has 4 rings (SSSR count). The summed E-state index contributed by atoms with van der Waals surface area (Å²) >= 11 is 0. The molecule has 0 radical (unpaired) electrons. The van der Waals surface area contributed by atoms with Gasteiger partial charge in [0.05, 0.1) is 18.2 Å². The van der Waals surface area contributed by atoms with E-state index < -0.39 is 5.67 Å². The van der Waals surface area contributed by atoms with E-state index in [1.54, 1.807) is 0 Å². The minimum absolute atomic E-state index is 0.0206. The molecule has 5 atom stereocenters. The molecule has 0 aliphatic carbocycles. The van der Waals surface area contributed by atoms with E-state index >= 15 is 4.39 Å². The lowest BCUT2D eigenvalue weighted by Gasteiger charge is -2.55. The molecule has 4 saturated heterocycles. The molecular formula is C20H37FN4O. The maximum atomic E-state index is 16.2. The highest BCUT2D eigenvalue weighted by molar-refractivity contribution is 5.09. The number of fused-ring (bicyclic) bond motifs is 2. The minimum atomic E-state index is -1.17. The second kappa shape index (κ2) is 7.28. The Balaban J connectivity index is 1.47. The molecule has 1 spiro atoms. The molecule has 2 bridgehead atoms. The molecule has 5 nitrogen and oxygen atoms in total. The van der Waals surface area contributed by atoms with Crippen molar-refractivity contribution in [3.05, 3.63) is 0 Å². The Hall–Kier alpha value is -0.270. The van der Waals surface area contributed by atoms with Crippen molar-refractivity contribution in [2.45, 2.75) is 74.8 Å². The Morgan fingerprint density at radius 3 is 2.54 bits per heavy atom. The standard InChI is InChI=1S/C20H37FN4O/c1-16-5-3-4-6-20(21)15-25(16)13-17(22)18(20)24-9-7-19(8-10-24)14-23(2)11-12-26-19/h16-18H,3-15,22H2,1-2H3/t16-,17?,18?,20?/m0/s1. The van der Waals surface area contributed by atoms with Gasteiger partial charge in [0, 0.05) is 51.4 Å². The predicted molar refractivity (Wildman–Crippen MR) is 102 cm³/mol. The Kier molecular flexibility index (Phi) is 5.34.